The number of nitrogens with one attached hydrogen (secondary N) is 2. The second-order valence-corrected chi connectivity index (χ2v) is 9.39. The van der Waals surface area contributed by atoms with Gasteiger partial charge in [0, 0.05) is 13.0 Å². The number of rotatable bonds is 21. The maximum atomic E-state index is 12.6. The van der Waals surface area contributed by atoms with E-state index in [-0.39, 0.29) is 11.8 Å². The van der Waals surface area contributed by atoms with Gasteiger partial charge in [0.15, 0.2) is 0 Å². The first kappa shape index (κ1) is 28.9. The number of amides is 2. The van der Waals surface area contributed by atoms with E-state index >= 15 is 0 Å². The summed E-state index contributed by atoms with van der Waals surface area (Å²) in [5.74, 6) is 0.383. The average molecular weight is 425 g/mol. The van der Waals surface area contributed by atoms with Crippen molar-refractivity contribution in [2.75, 3.05) is 6.54 Å². The maximum absolute atomic E-state index is 12.6. The van der Waals surface area contributed by atoms with E-state index in [1.54, 1.807) is 0 Å². The van der Waals surface area contributed by atoms with Crippen LogP contribution in [0, 0.1) is 5.92 Å². The summed E-state index contributed by atoms with van der Waals surface area (Å²) in [5.41, 5.74) is 0. The minimum absolute atomic E-state index is 0.0149. The minimum Gasteiger partial charge on any atom is -0.354 e. The molecule has 0 radical (unpaired) electrons. The van der Waals surface area contributed by atoms with Crippen molar-refractivity contribution >= 4 is 11.8 Å². The molecule has 0 unspecified atom stereocenters. The predicted octanol–water partition coefficient (Wildman–Crippen LogP) is 6.91. The van der Waals surface area contributed by atoms with Crippen LogP contribution in [-0.2, 0) is 9.59 Å². The van der Waals surface area contributed by atoms with Crippen molar-refractivity contribution in [3.8, 4) is 0 Å². The van der Waals surface area contributed by atoms with Crippen LogP contribution in [0.3, 0.4) is 0 Å². The van der Waals surface area contributed by atoms with Gasteiger partial charge in [0.25, 0.3) is 0 Å². The molecule has 4 nitrogen and oxygen atoms in total. The topological polar surface area (TPSA) is 58.2 Å². The zero-order chi connectivity index (χ0) is 22.5. The third-order valence-electron chi connectivity index (χ3n) is 5.70. The zero-order valence-corrected chi connectivity index (χ0v) is 20.7. The molecule has 1 atom stereocenters. The summed E-state index contributed by atoms with van der Waals surface area (Å²) < 4.78 is 0. The average Bonchev–Trinajstić information content (AvgIpc) is 2.71. The van der Waals surface area contributed by atoms with Gasteiger partial charge >= 0.3 is 0 Å². The van der Waals surface area contributed by atoms with Gasteiger partial charge in [0.1, 0.15) is 6.04 Å². The van der Waals surface area contributed by atoms with Gasteiger partial charge in [-0.15, -0.1) is 0 Å². The predicted molar refractivity (Wildman–Crippen MR) is 130 cm³/mol. The highest BCUT2D eigenvalue weighted by molar-refractivity contribution is 5.87. The Labute approximate surface area is 187 Å². The van der Waals surface area contributed by atoms with Gasteiger partial charge in [0.2, 0.25) is 11.8 Å². The number of hydrogen-bond acceptors (Lipinski definition) is 2. The summed E-state index contributed by atoms with van der Waals surface area (Å²) in [6, 6.07) is -0.392. The van der Waals surface area contributed by atoms with E-state index in [1.165, 1.54) is 77.0 Å². The summed E-state index contributed by atoms with van der Waals surface area (Å²) in [6.07, 6.45) is 19.8. The molecule has 178 valence electrons. The molecule has 0 aliphatic heterocycles. The van der Waals surface area contributed by atoms with E-state index in [0.29, 0.717) is 18.8 Å². The molecule has 2 N–H and O–H groups in total. The molecule has 4 heteroatoms. The molecule has 0 saturated carbocycles. The van der Waals surface area contributed by atoms with E-state index in [2.05, 4.69) is 38.3 Å². The zero-order valence-electron chi connectivity index (χ0n) is 20.7. The number of carbonyl (C=O) groups is 2. The third-order valence-corrected chi connectivity index (χ3v) is 5.70. The second-order valence-electron chi connectivity index (χ2n) is 9.39. The van der Waals surface area contributed by atoms with Gasteiger partial charge in [-0.1, -0.05) is 111 Å². The summed E-state index contributed by atoms with van der Waals surface area (Å²) in [6.45, 7) is 9.36. The van der Waals surface area contributed by atoms with Crippen LogP contribution in [-0.4, -0.2) is 24.4 Å². The van der Waals surface area contributed by atoms with Crippen LogP contribution < -0.4 is 10.6 Å². The van der Waals surface area contributed by atoms with Crippen LogP contribution in [0.15, 0.2) is 0 Å². The number of unbranched alkanes of at least 4 members (excludes halogenated alkanes) is 13. The fraction of sp³-hybridized carbons (Fsp3) is 0.923. The molecule has 30 heavy (non-hydrogen) atoms. The van der Waals surface area contributed by atoms with Crippen LogP contribution in [0.4, 0.5) is 0 Å². The monoisotopic (exact) mass is 424 g/mol. The van der Waals surface area contributed by atoms with Gasteiger partial charge in [-0.3, -0.25) is 9.59 Å². The molecule has 0 aliphatic carbocycles. The molecule has 0 fully saturated rings. The lowest BCUT2D eigenvalue weighted by atomic mass is 10.0. The Kier molecular flexibility index (Phi) is 20.4. The quantitative estimate of drug-likeness (QED) is 0.197. The van der Waals surface area contributed by atoms with Crippen molar-refractivity contribution < 1.29 is 9.59 Å². The summed E-state index contributed by atoms with van der Waals surface area (Å²) >= 11 is 0. The standard InChI is InChI=1S/C26H52N2O2/c1-5-7-9-11-12-13-14-15-17-19-21-27-26(30)24(22-23(3)4)28-25(29)20-18-16-10-8-6-2/h23-24H,5-22H2,1-4H3,(H,27,30)(H,28,29)/t24-/m0/s1. The van der Waals surface area contributed by atoms with Crippen molar-refractivity contribution in [2.24, 2.45) is 5.92 Å². The SMILES string of the molecule is CCCCCCCCCCCCNC(=O)[C@H](CC(C)C)NC(=O)CCCCCCC. The Balaban J connectivity index is 3.91. The molecule has 2 amide bonds. The molecule has 0 spiro atoms. The van der Waals surface area contributed by atoms with E-state index in [1.807, 2.05) is 0 Å². The van der Waals surface area contributed by atoms with Crippen LogP contribution in [0.5, 0.6) is 0 Å². The van der Waals surface area contributed by atoms with E-state index in [9.17, 15) is 9.59 Å². The van der Waals surface area contributed by atoms with E-state index in [0.717, 1.165) is 25.8 Å². The van der Waals surface area contributed by atoms with Crippen LogP contribution >= 0.6 is 0 Å². The molecular formula is C26H52N2O2. The molecular weight excluding hydrogens is 372 g/mol. The lowest BCUT2D eigenvalue weighted by Gasteiger charge is -2.20. The first-order chi connectivity index (χ1) is 14.5. The van der Waals surface area contributed by atoms with Gasteiger partial charge < -0.3 is 10.6 Å². The van der Waals surface area contributed by atoms with Gasteiger partial charge in [-0.25, -0.2) is 0 Å². The Hall–Kier alpha value is -1.06. The summed E-state index contributed by atoms with van der Waals surface area (Å²) in [7, 11) is 0. The summed E-state index contributed by atoms with van der Waals surface area (Å²) in [4.78, 5) is 24.8. The fourth-order valence-electron chi connectivity index (χ4n) is 3.81. The summed E-state index contributed by atoms with van der Waals surface area (Å²) in [5, 5.41) is 6.03. The van der Waals surface area contributed by atoms with E-state index < -0.39 is 6.04 Å². The number of hydrogen-bond donors (Lipinski definition) is 2. The molecule has 0 aromatic carbocycles. The van der Waals surface area contributed by atoms with Crippen molar-refractivity contribution in [3.63, 3.8) is 0 Å². The molecule has 0 aromatic heterocycles. The van der Waals surface area contributed by atoms with Crippen molar-refractivity contribution in [1.82, 2.24) is 10.6 Å². The van der Waals surface area contributed by atoms with Gasteiger partial charge in [0.05, 0.1) is 0 Å². The Morgan fingerprint density at radius 3 is 1.63 bits per heavy atom. The van der Waals surface area contributed by atoms with Crippen LogP contribution in [0.1, 0.15) is 137 Å². The van der Waals surface area contributed by atoms with E-state index in [4.69, 9.17) is 0 Å². The number of carbonyl (C=O) groups excluding carboxylic acids is 2. The lowest BCUT2D eigenvalue weighted by molar-refractivity contribution is -0.129. The van der Waals surface area contributed by atoms with Gasteiger partial charge in [-0.05, 0) is 25.2 Å². The molecule has 0 saturated heterocycles. The maximum Gasteiger partial charge on any atom is 0.242 e. The fourth-order valence-corrected chi connectivity index (χ4v) is 3.81. The highest BCUT2D eigenvalue weighted by Crippen LogP contribution is 2.11. The van der Waals surface area contributed by atoms with Crippen molar-refractivity contribution in [2.45, 2.75) is 143 Å². The molecule has 0 rings (SSSR count). The second kappa shape index (κ2) is 21.2. The normalized spacial score (nSPS) is 12.2. The Morgan fingerprint density at radius 2 is 1.13 bits per heavy atom. The first-order valence-electron chi connectivity index (χ1n) is 13.1. The highest BCUT2D eigenvalue weighted by atomic mass is 16.2. The minimum atomic E-state index is -0.392. The molecule has 0 aromatic rings. The molecule has 0 aliphatic rings. The highest BCUT2D eigenvalue weighted by Gasteiger charge is 2.21. The van der Waals surface area contributed by atoms with Gasteiger partial charge in [-0.2, -0.15) is 0 Å². The van der Waals surface area contributed by atoms with Crippen LogP contribution in [0.2, 0.25) is 0 Å². The largest absolute Gasteiger partial charge is 0.354 e. The van der Waals surface area contributed by atoms with Crippen molar-refractivity contribution in [3.05, 3.63) is 0 Å². The van der Waals surface area contributed by atoms with Crippen LogP contribution in [0.25, 0.3) is 0 Å². The molecule has 0 bridgehead atoms. The Morgan fingerprint density at radius 1 is 0.667 bits per heavy atom. The lowest BCUT2D eigenvalue weighted by Crippen LogP contribution is -2.47. The first-order valence-corrected chi connectivity index (χ1v) is 13.1. The smallest absolute Gasteiger partial charge is 0.242 e. The third kappa shape index (κ3) is 18.9. The van der Waals surface area contributed by atoms with Crippen molar-refractivity contribution in [1.29, 1.82) is 0 Å². The molecule has 0 heterocycles. The Bertz CT molecular complexity index is 410.